The molecule has 1 N–H and O–H groups in total. The fraction of sp³-hybridized carbons (Fsp3) is 0.100. The van der Waals surface area contributed by atoms with Crippen molar-refractivity contribution in [2.24, 2.45) is 0 Å². The van der Waals surface area contributed by atoms with E-state index in [-0.39, 0.29) is 11.0 Å². The van der Waals surface area contributed by atoms with Crippen LogP contribution in [0.1, 0.15) is 17.3 Å². The van der Waals surface area contributed by atoms with Crippen LogP contribution >= 0.6 is 11.8 Å². The van der Waals surface area contributed by atoms with Gasteiger partial charge in [0.25, 0.3) is 0 Å². The van der Waals surface area contributed by atoms with E-state index in [0.717, 1.165) is 32.3 Å². The minimum Gasteiger partial charge on any atom is -0.360 e. The predicted octanol–water partition coefficient (Wildman–Crippen LogP) is 5.08. The van der Waals surface area contributed by atoms with Crippen molar-refractivity contribution in [3.8, 4) is 0 Å². The van der Waals surface area contributed by atoms with E-state index in [0.29, 0.717) is 0 Å². The molecule has 0 fully saturated rings. The lowest BCUT2D eigenvalue weighted by Gasteiger charge is -2.11. The summed E-state index contributed by atoms with van der Waals surface area (Å²) in [6.07, 6.45) is 3.60. The lowest BCUT2D eigenvalue weighted by atomic mass is 10.1. The number of para-hydroxylation sites is 2. The molecule has 1 unspecified atom stereocenters. The van der Waals surface area contributed by atoms with Crippen LogP contribution in [0.25, 0.3) is 21.8 Å². The molecule has 2 heterocycles. The number of Topliss-reactive ketones (excluding diaryl/α,β-unsaturated/α-hetero) is 1. The summed E-state index contributed by atoms with van der Waals surface area (Å²) in [5, 5.41) is 1.89. The minimum absolute atomic E-state index is 0.130. The van der Waals surface area contributed by atoms with Gasteiger partial charge in [-0.1, -0.05) is 36.4 Å². The predicted molar refractivity (Wildman–Crippen MR) is 99.7 cm³/mol. The van der Waals surface area contributed by atoms with Crippen molar-refractivity contribution in [1.29, 1.82) is 0 Å². The van der Waals surface area contributed by atoms with Gasteiger partial charge in [0.1, 0.15) is 0 Å². The van der Waals surface area contributed by atoms with E-state index in [1.54, 1.807) is 18.0 Å². The van der Waals surface area contributed by atoms with Gasteiger partial charge in [0, 0.05) is 39.1 Å². The molecule has 0 saturated heterocycles. The van der Waals surface area contributed by atoms with Gasteiger partial charge in [0.2, 0.25) is 0 Å². The summed E-state index contributed by atoms with van der Waals surface area (Å²) in [5.74, 6) is 0.130. The highest BCUT2D eigenvalue weighted by Crippen LogP contribution is 2.32. The van der Waals surface area contributed by atoms with Gasteiger partial charge in [-0.2, -0.15) is 0 Å². The standard InChI is InChI=1S/C20H16N2OS/c1-13(20(23)16-12-22-17-9-3-2-8-15(16)17)24-18-10-4-6-14-7-5-11-21-19(14)18/h2-13,22H,1H3. The fourth-order valence-electron chi connectivity index (χ4n) is 2.91. The molecule has 0 aliphatic carbocycles. The zero-order chi connectivity index (χ0) is 16.5. The van der Waals surface area contributed by atoms with E-state index < -0.39 is 0 Å². The number of benzene rings is 2. The number of hydrogen-bond donors (Lipinski definition) is 1. The highest BCUT2D eigenvalue weighted by molar-refractivity contribution is 8.00. The monoisotopic (exact) mass is 332 g/mol. The summed E-state index contributed by atoms with van der Waals surface area (Å²) in [6.45, 7) is 1.95. The number of carbonyl (C=O) groups is 1. The maximum Gasteiger partial charge on any atom is 0.178 e. The van der Waals surface area contributed by atoms with Crippen molar-refractivity contribution in [2.75, 3.05) is 0 Å². The van der Waals surface area contributed by atoms with Crippen molar-refractivity contribution in [3.05, 3.63) is 72.6 Å². The Balaban J connectivity index is 1.66. The molecular weight excluding hydrogens is 316 g/mol. The highest BCUT2D eigenvalue weighted by Gasteiger charge is 2.20. The van der Waals surface area contributed by atoms with Gasteiger partial charge in [-0.05, 0) is 25.1 Å². The normalized spacial score (nSPS) is 12.5. The second-order valence-electron chi connectivity index (χ2n) is 5.70. The first-order valence-electron chi connectivity index (χ1n) is 7.85. The molecule has 0 saturated carbocycles. The van der Waals surface area contributed by atoms with Crippen LogP contribution in [0.5, 0.6) is 0 Å². The molecule has 4 aromatic rings. The molecule has 1 atom stereocenters. The topological polar surface area (TPSA) is 45.8 Å². The maximum absolute atomic E-state index is 12.9. The van der Waals surface area contributed by atoms with Crippen LogP contribution in [0.3, 0.4) is 0 Å². The number of nitrogens with one attached hydrogen (secondary N) is 1. The van der Waals surface area contributed by atoms with E-state index in [9.17, 15) is 4.79 Å². The summed E-state index contributed by atoms with van der Waals surface area (Å²) in [5.41, 5.74) is 2.69. The lowest BCUT2D eigenvalue weighted by Crippen LogP contribution is -2.13. The Hall–Kier alpha value is -2.59. The first-order valence-corrected chi connectivity index (χ1v) is 8.73. The van der Waals surface area contributed by atoms with E-state index in [1.165, 1.54) is 0 Å². The third kappa shape index (κ3) is 2.59. The number of aromatic amines is 1. The third-order valence-corrected chi connectivity index (χ3v) is 5.27. The first-order chi connectivity index (χ1) is 11.7. The van der Waals surface area contributed by atoms with Gasteiger partial charge in [-0.3, -0.25) is 9.78 Å². The molecule has 0 spiro atoms. The Labute approximate surface area is 144 Å². The molecule has 0 amide bonds. The Bertz CT molecular complexity index is 1030. The van der Waals surface area contributed by atoms with E-state index in [4.69, 9.17) is 0 Å². The van der Waals surface area contributed by atoms with Crippen molar-refractivity contribution >= 4 is 39.4 Å². The zero-order valence-electron chi connectivity index (χ0n) is 13.2. The van der Waals surface area contributed by atoms with Crippen molar-refractivity contribution in [3.63, 3.8) is 0 Å². The van der Waals surface area contributed by atoms with Crippen LogP contribution in [-0.2, 0) is 0 Å². The van der Waals surface area contributed by atoms with E-state index >= 15 is 0 Å². The first kappa shape index (κ1) is 15.0. The van der Waals surface area contributed by atoms with Crippen LogP contribution in [0, 0.1) is 0 Å². The van der Waals surface area contributed by atoms with Gasteiger partial charge in [-0.25, -0.2) is 0 Å². The quantitative estimate of drug-likeness (QED) is 0.419. The van der Waals surface area contributed by atoms with Crippen molar-refractivity contribution < 1.29 is 4.79 Å². The minimum atomic E-state index is -0.184. The molecule has 118 valence electrons. The van der Waals surface area contributed by atoms with Crippen LogP contribution < -0.4 is 0 Å². The average Bonchev–Trinajstić information content (AvgIpc) is 3.05. The number of nitrogens with zero attached hydrogens (tertiary/aromatic N) is 1. The number of ketones is 1. The lowest BCUT2D eigenvalue weighted by molar-refractivity contribution is 0.0995. The summed E-state index contributed by atoms with van der Waals surface area (Å²) in [4.78, 5) is 21.6. The van der Waals surface area contributed by atoms with Crippen molar-refractivity contribution in [1.82, 2.24) is 9.97 Å². The Morgan fingerprint density at radius 3 is 2.83 bits per heavy atom. The highest BCUT2D eigenvalue weighted by atomic mass is 32.2. The molecule has 0 aliphatic heterocycles. The maximum atomic E-state index is 12.9. The van der Waals surface area contributed by atoms with Gasteiger partial charge < -0.3 is 4.98 Å². The largest absolute Gasteiger partial charge is 0.360 e. The van der Waals surface area contributed by atoms with E-state index in [1.807, 2.05) is 67.7 Å². The zero-order valence-corrected chi connectivity index (χ0v) is 14.0. The molecular formula is C20H16N2OS. The average molecular weight is 332 g/mol. The Kier molecular flexibility index (Phi) is 3.82. The van der Waals surface area contributed by atoms with Crippen LogP contribution in [-0.4, -0.2) is 21.0 Å². The molecule has 4 heteroatoms. The smallest absolute Gasteiger partial charge is 0.178 e. The van der Waals surface area contributed by atoms with Gasteiger partial charge >= 0.3 is 0 Å². The second-order valence-corrected chi connectivity index (χ2v) is 7.09. The second kappa shape index (κ2) is 6.13. The molecule has 24 heavy (non-hydrogen) atoms. The van der Waals surface area contributed by atoms with E-state index in [2.05, 4.69) is 9.97 Å². The van der Waals surface area contributed by atoms with Crippen molar-refractivity contribution in [2.45, 2.75) is 17.1 Å². The number of rotatable bonds is 4. The number of H-pyrrole nitrogens is 1. The number of thioether (sulfide) groups is 1. The summed E-state index contributed by atoms with van der Waals surface area (Å²) in [6, 6.07) is 17.9. The van der Waals surface area contributed by atoms with Crippen LogP contribution in [0.15, 0.2) is 71.9 Å². The van der Waals surface area contributed by atoms with Gasteiger partial charge in [0.15, 0.2) is 5.78 Å². The molecule has 0 radical (unpaired) electrons. The van der Waals surface area contributed by atoms with Gasteiger partial charge in [0.05, 0.1) is 10.8 Å². The van der Waals surface area contributed by atoms with Gasteiger partial charge in [-0.15, -0.1) is 11.8 Å². The van der Waals surface area contributed by atoms with Crippen LogP contribution in [0.2, 0.25) is 0 Å². The molecule has 2 aromatic heterocycles. The molecule has 4 rings (SSSR count). The Morgan fingerprint density at radius 1 is 1.08 bits per heavy atom. The SMILES string of the molecule is CC(Sc1cccc2cccnc12)C(=O)c1c[nH]c2ccccc12. The molecule has 2 aromatic carbocycles. The van der Waals surface area contributed by atoms with Crippen LogP contribution in [0.4, 0.5) is 0 Å². The number of carbonyl (C=O) groups excluding carboxylic acids is 1. The number of fused-ring (bicyclic) bond motifs is 2. The third-order valence-electron chi connectivity index (χ3n) is 4.12. The number of pyridine rings is 1. The summed E-state index contributed by atoms with van der Waals surface area (Å²) >= 11 is 1.56. The fourth-order valence-corrected chi connectivity index (χ4v) is 3.96. The number of hydrogen-bond acceptors (Lipinski definition) is 3. The summed E-state index contributed by atoms with van der Waals surface area (Å²) in [7, 11) is 0. The molecule has 0 bridgehead atoms. The summed E-state index contributed by atoms with van der Waals surface area (Å²) < 4.78 is 0. The number of aromatic nitrogens is 2. The Morgan fingerprint density at radius 2 is 1.92 bits per heavy atom. The molecule has 0 aliphatic rings. The molecule has 3 nitrogen and oxygen atoms in total.